The molecule has 0 radical (unpaired) electrons. The van der Waals surface area contributed by atoms with Gasteiger partial charge < -0.3 is 10.2 Å². The van der Waals surface area contributed by atoms with Crippen molar-refractivity contribution in [2.24, 2.45) is 0 Å². The Labute approximate surface area is 161 Å². The first kappa shape index (κ1) is 21.3. The smallest absolute Gasteiger partial charge is 0.321 e. The molecule has 3 amide bonds. The molecule has 1 saturated heterocycles. The molecule has 1 aromatic rings. The van der Waals surface area contributed by atoms with Crippen LogP contribution in [0.15, 0.2) is 23.1 Å². The summed E-state index contributed by atoms with van der Waals surface area (Å²) in [6.45, 7) is 8.17. The Morgan fingerprint density at radius 3 is 2.41 bits per heavy atom. The van der Waals surface area contributed by atoms with Crippen molar-refractivity contribution in [2.45, 2.75) is 32.1 Å². The number of nitrogens with one attached hydrogen (secondary N) is 3. The third kappa shape index (κ3) is 5.75. The topological polar surface area (TPSA) is 100 Å². The summed E-state index contributed by atoms with van der Waals surface area (Å²) >= 11 is 0. The highest BCUT2D eigenvalue weighted by molar-refractivity contribution is 7.89. The highest BCUT2D eigenvalue weighted by atomic mass is 32.2. The molecule has 1 aliphatic heterocycles. The molecule has 9 heteroatoms. The average Bonchev–Trinajstić information content (AvgIpc) is 2.62. The summed E-state index contributed by atoms with van der Waals surface area (Å²) in [5.41, 5.74) is 2.00. The van der Waals surface area contributed by atoms with Crippen molar-refractivity contribution in [1.29, 1.82) is 0 Å². The molecule has 0 bridgehead atoms. The number of rotatable bonds is 6. The third-order valence-electron chi connectivity index (χ3n) is 4.74. The zero-order valence-electron chi connectivity index (χ0n) is 16.2. The maximum absolute atomic E-state index is 12.8. The summed E-state index contributed by atoms with van der Waals surface area (Å²) in [6.07, 6.45) is 0.795. The van der Waals surface area contributed by atoms with Crippen LogP contribution in [0, 0.1) is 13.8 Å². The summed E-state index contributed by atoms with van der Waals surface area (Å²) < 4.78 is 27.1. The van der Waals surface area contributed by atoms with Crippen LogP contribution in [0.2, 0.25) is 0 Å². The molecule has 1 heterocycles. The number of carbonyl (C=O) groups is 2. The van der Waals surface area contributed by atoms with Crippen LogP contribution in [-0.4, -0.2) is 63.9 Å². The van der Waals surface area contributed by atoms with E-state index in [9.17, 15) is 18.0 Å². The van der Waals surface area contributed by atoms with Gasteiger partial charge in [0.25, 0.3) is 5.91 Å². The molecule has 150 valence electrons. The van der Waals surface area contributed by atoms with Gasteiger partial charge in [0, 0.05) is 6.54 Å². The molecule has 0 atom stereocenters. The third-order valence-corrected chi connectivity index (χ3v) is 6.64. The molecule has 0 saturated carbocycles. The number of quaternary nitrogens is 1. The lowest BCUT2D eigenvalue weighted by Crippen LogP contribution is -3.15. The predicted molar refractivity (Wildman–Crippen MR) is 102 cm³/mol. The highest BCUT2D eigenvalue weighted by Crippen LogP contribution is 2.19. The van der Waals surface area contributed by atoms with E-state index in [1.807, 2.05) is 26.8 Å². The summed E-state index contributed by atoms with van der Waals surface area (Å²) in [7, 11) is -3.53. The molecule has 0 aromatic heterocycles. The Kier molecular flexibility index (Phi) is 7.34. The van der Waals surface area contributed by atoms with Gasteiger partial charge in [0.1, 0.15) is 0 Å². The number of nitrogens with zero attached hydrogens (tertiary/aromatic N) is 1. The van der Waals surface area contributed by atoms with Gasteiger partial charge in [0.15, 0.2) is 6.54 Å². The quantitative estimate of drug-likeness (QED) is 0.598. The second kappa shape index (κ2) is 9.29. The Balaban J connectivity index is 1.88. The first-order valence-electron chi connectivity index (χ1n) is 9.22. The van der Waals surface area contributed by atoms with Gasteiger partial charge in [0.2, 0.25) is 10.0 Å². The van der Waals surface area contributed by atoms with Crippen LogP contribution in [0.25, 0.3) is 0 Å². The van der Waals surface area contributed by atoms with E-state index in [4.69, 9.17) is 0 Å². The molecule has 1 fully saturated rings. The number of carbonyl (C=O) groups excluding carboxylic acids is 2. The van der Waals surface area contributed by atoms with E-state index < -0.39 is 16.1 Å². The Bertz CT molecular complexity index is 787. The summed E-state index contributed by atoms with van der Waals surface area (Å²) in [5, 5.41) is 4.89. The number of piperazine rings is 1. The van der Waals surface area contributed by atoms with Crippen LogP contribution >= 0.6 is 0 Å². The lowest BCUT2D eigenvalue weighted by atomic mass is 10.1. The van der Waals surface area contributed by atoms with E-state index in [0.29, 0.717) is 37.6 Å². The van der Waals surface area contributed by atoms with Gasteiger partial charge in [-0.25, -0.2) is 13.2 Å². The van der Waals surface area contributed by atoms with E-state index in [0.717, 1.165) is 22.4 Å². The van der Waals surface area contributed by atoms with Gasteiger partial charge in [-0.15, -0.1) is 0 Å². The lowest BCUT2D eigenvalue weighted by molar-refractivity contribution is -0.895. The zero-order chi connectivity index (χ0) is 20.0. The minimum atomic E-state index is -3.53. The second-order valence-electron chi connectivity index (χ2n) is 6.88. The number of hydrogen-bond acceptors (Lipinski definition) is 4. The van der Waals surface area contributed by atoms with Crippen molar-refractivity contribution in [3.05, 3.63) is 29.3 Å². The van der Waals surface area contributed by atoms with Crippen LogP contribution < -0.4 is 15.5 Å². The van der Waals surface area contributed by atoms with Crippen molar-refractivity contribution >= 4 is 22.0 Å². The molecule has 3 N–H and O–H groups in total. The molecule has 8 nitrogen and oxygen atoms in total. The van der Waals surface area contributed by atoms with Crippen LogP contribution in [0.3, 0.4) is 0 Å². The fraction of sp³-hybridized carbons (Fsp3) is 0.556. The molecule has 0 unspecified atom stereocenters. The Morgan fingerprint density at radius 2 is 1.81 bits per heavy atom. The largest absolute Gasteiger partial charge is 0.338 e. The van der Waals surface area contributed by atoms with Gasteiger partial charge in [-0.05, 0) is 43.5 Å². The summed E-state index contributed by atoms with van der Waals surface area (Å²) in [4.78, 5) is 24.7. The van der Waals surface area contributed by atoms with Crippen molar-refractivity contribution in [3.63, 3.8) is 0 Å². The fourth-order valence-corrected chi connectivity index (χ4v) is 4.45. The monoisotopic (exact) mass is 397 g/mol. The predicted octanol–water partition coefficient (Wildman–Crippen LogP) is -0.572. The normalized spacial score (nSPS) is 16.1. The van der Waals surface area contributed by atoms with Crippen molar-refractivity contribution < 1.29 is 22.9 Å². The molecule has 27 heavy (non-hydrogen) atoms. The van der Waals surface area contributed by atoms with Gasteiger partial charge in [0.05, 0.1) is 31.1 Å². The second-order valence-corrected chi connectivity index (χ2v) is 8.82. The molecule has 1 aromatic carbocycles. The van der Waals surface area contributed by atoms with Crippen molar-refractivity contribution in [2.75, 3.05) is 39.3 Å². The number of sulfonamides is 1. The lowest BCUT2D eigenvalue weighted by Gasteiger charge is -2.31. The zero-order valence-corrected chi connectivity index (χ0v) is 17.0. The molecule has 0 aliphatic carbocycles. The Morgan fingerprint density at radius 1 is 1.15 bits per heavy atom. The standard InChI is InChI=1S/C18H28N4O4S/c1-4-7-19-18(24)20-17(23)13-21-8-10-22(11-9-21)27(25,26)16-6-5-14(2)15(3)12-16/h5-6,12H,4,7-11,13H2,1-3H3,(H2,19,20,23,24)/p+1. The maximum Gasteiger partial charge on any atom is 0.321 e. The molecular weight excluding hydrogens is 368 g/mol. The van der Waals surface area contributed by atoms with Crippen molar-refractivity contribution in [3.8, 4) is 0 Å². The number of benzene rings is 1. The van der Waals surface area contributed by atoms with E-state index in [1.165, 1.54) is 4.31 Å². The van der Waals surface area contributed by atoms with E-state index in [-0.39, 0.29) is 12.5 Å². The summed E-state index contributed by atoms with van der Waals surface area (Å²) in [5.74, 6) is -0.357. The number of amides is 3. The van der Waals surface area contributed by atoms with Crippen LogP contribution in [-0.2, 0) is 14.8 Å². The van der Waals surface area contributed by atoms with Crippen molar-refractivity contribution in [1.82, 2.24) is 14.9 Å². The fourth-order valence-electron chi connectivity index (χ4n) is 2.92. The molecular formula is C18H29N4O4S+. The minimum absolute atomic E-state index is 0.150. The number of aryl methyl sites for hydroxylation is 2. The van der Waals surface area contributed by atoms with E-state index >= 15 is 0 Å². The van der Waals surface area contributed by atoms with Gasteiger partial charge >= 0.3 is 6.03 Å². The molecule has 2 rings (SSSR count). The Hall–Kier alpha value is -1.97. The first-order chi connectivity index (χ1) is 12.7. The van der Waals surface area contributed by atoms with Gasteiger partial charge in [-0.1, -0.05) is 13.0 Å². The van der Waals surface area contributed by atoms with Crippen LogP contribution in [0.5, 0.6) is 0 Å². The van der Waals surface area contributed by atoms with E-state index in [2.05, 4.69) is 10.6 Å². The van der Waals surface area contributed by atoms with Crippen LogP contribution in [0.1, 0.15) is 24.5 Å². The minimum Gasteiger partial charge on any atom is -0.338 e. The first-order valence-corrected chi connectivity index (χ1v) is 10.7. The molecule has 1 aliphatic rings. The maximum atomic E-state index is 12.8. The van der Waals surface area contributed by atoms with Gasteiger partial charge in [-0.2, -0.15) is 4.31 Å². The summed E-state index contributed by atoms with van der Waals surface area (Å²) in [6, 6.07) is 4.67. The van der Waals surface area contributed by atoms with Crippen LogP contribution in [0.4, 0.5) is 4.79 Å². The number of imide groups is 1. The number of urea groups is 1. The average molecular weight is 398 g/mol. The van der Waals surface area contributed by atoms with E-state index in [1.54, 1.807) is 12.1 Å². The van der Waals surface area contributed by atoms with Gasteiger partial charge in [-0.3, -0.25) is 10.1 Å². The highest BCUT2D eigenvalue weighted by Gasteiger charge is 2.31. The SMILES string of the molecule is CCCNC(=O)NC(=O)C[NH+]1CCN(S(=O)(=O)c2ccc(C)c(C)c2)CC1. The molecule has 0 spiro atoms. The number of hydrogen-bond donors (Lipinski definition) is 3.